The molecule has 0 saturated heterocycles. The molecule has 17 heavy (non-hydrogen) atoms. The summed E-state index contributed by atoms with van der Waals surface area (Å²) < 4.78 is 1.06. The zero-order valence-corrected chi connectivity index (χ0v) is 11.6. The van der Waals surface area contributed by atoms with Crippen molar-refractivity contribution in [3.05, 3.63) is 40.8 Å². The van der Waals surface area contributed by atoms with Gasteiger partial charge in [-0.1, -0.05) is 48.0 Å². The molecule has 0 bridgehead atoms. The highest BCUT2D eigenvalue weighted by Gasteiger charge is 2.22. The maximum absolute atomic E-state index is 5.75. The third kappa shape index (κ3) is 2.42. The lowest BCUT2D eigenvalue weighted by Gasteiger charge is -2.18. The summed E-state index contributed by atoms with van der Waals surface area (Å²) in [6.07, 6.45) is 1.85. The summed E-state index contributed by atoms with van der Waals surface area (Å²) in [4.78, 5) is 7.76. The van der Waals surface area contributed by atoms with Crippen LogP contribution in [0, 0.1) is 0 Å². The average molecular weight is 294 g/mol. The number of halogens is 1. The van der Waals surface area contributed by atoms with E-state index >= 15 is 0 Å². The Morgan fingerprint density at radius 1 is 1.35 bits per heavy atom. The molecule has 0 unspecified atom stereocenters. The second kappa shape index (κ2) is 4.63. The van der Waals surface area contributed by atoms with Gasteiger partial charge in [-0.05, 0) is 6.07 Å². The van der Waals surface area contributed by atoms with Crippen molar-refractivity contribution >= 4 is 15.9 Å². The highest BCUT2D eigenvalue weighted by Crippen LogP contribution is 2.28. The minimum absolute atomic E-state index is 0.125. The Kier molecular flexibility index (Phi) is 3.35. The largest absolute Gasteiger partial charge is 0.341 e. The first kappa shape index (κ1) is 12.3. The molecule has 0 aliphatic rings. The highest BCUT2D eigenvalue weighted by atomic mass is 79.9. The smallest absolute Gasteiger partial charge is 0.113 e. The van der Waals surface area contributed by atoms with Crippen LogP contribution >= 0.6 is 15.9 Å². The fourth-order valence-electron chi connectivity index (χ4n) is 1.58. The van der Waals surface area contributed by atoms with Gasteiger partial charge >= 0.3 is 0 Å². The lowest BCUT2D eigenvalue weighted by atomic mass is 9.93. The SMILES string of the molecule is CC(C)(CN)c1ncc(-c2ccccc2Br)[nH]1. The monoisotopic (exact) mass is 293 g/mol. The van der Waals surface area contributed by atoms with Crippen LogP contribution in [0.25, 0.3) is 11.3 Å². The van der Waals surface area contributed by atoms with E-state index in [2.05, 4.69) is 45.8 Å². The van der Waals surface area contributed by atoms with Crippen LogP contribution in [0.4, 0.5) is 0 Å². The number of imidazole rings is 1. The van der Waals surface area contributed by atoms with Crippen LogP contribution in [0.15, 0.2) is 34.9 Å². The summed E-state index contributed by atoms with van der Waals surface area (Å²) in [7, 11) is 0. The van der Waals surface area contributed by atoms with Crippen LogP contribution in [-0.2, 0) is 5.41 Å². The predicted octanol–water partition coefficient (Wildman–Crippen LogP) is 3.08. The molecule has 2 rings (SSSR count). The first-order valence-corrected chi connectivity index (χ1v) is 6.34. The molecule has 0 atom stereocenters. The molecule has 90 valence electrons. The van der Waals surface area contributed by atoms with E-state index in [1.807, 2.05) is 24.4 Å². The van der Waals surface area contributed by atoms with Gasteiger partial charge in [-0.3, -0.25) is 0 Å². The minimum Gasteiger partial charge on any atom is -0.341 e. The molecule has 2 aromatic rings. The second-order valence-corrected chi connectivity index (χ2v) is 5.57. The molecule has 3 nitrogen and oxygen atoms in total. The molecular formula is C13H16BrN3. The summed E-state index contributed by atoms with van der Waals surface area (Å²) in [5.41, 5.74) is 7.74. The van der Waals surface area contributed by atoms with Gasteiger partial charge in [0.15, 0.2) is 0 Å². The van der Waals surface area contributed by atoms with Crippen LogP contribution in [0.1, 0.15) is 19.7 Å². The van der Waals surface area contributed by atoms with Crippen molar-refractivity contribution in [3.8, 4) is 11.3 Å². The van der Waals surface area contributed by atoms with E-state index in [-0.39, 0.29) is 5.41 Å². The molecular weight excluding hydrogens is 278 g/mol. The van der Waals surface area contributed by atoms with E-state index in [1.54, 1.807) is 0 Å². The zero-order chi connectivity index (χ0) is 12.5. The predicted molar refractivity (Wildman–Crippen MR) is 73.8 cm³/mol. The molecule has 4 heteroatoms. The summed E-state index contributed by atoms with van der Waals surface area (Å²) in [5, 5.41) is 0. The number of aromatic nitrogens is 2. The molecule has 0 fully saturated rings. The third-order valence-corrected chi connectivity index (χ3v) is 3.58. The number of aromatic amines is 1. The lowest BCUT2D eigenvalue weighted by Crippen LogP contribution is -2.29. The van der Waals surface area contributed by atoms with Gasteiger partial charge in [0.25, 0.3) is 0 Å². The topological polar surface area (TPSA) is 54.7 Å². The first-order valence-electron chi connectivity index (χ1n) is 5.55. The Morgan fingerprint density at radius 2 is 2.06 bits per heavy atom. The zero-order valence-electron chi connectivity index (χ0n) is 10.00. The molecule has 0 amide bonds. The maximum Gasteiger partial charge on any atom is 0.113 e. The maximum atomic E-state index is 5.75. The number of nitrogens with zero attached hydrogens (tertiary/aromatic N) is 1. The molecule has 0 spiro atoms. The Labute approximate surface area is 110 Å². The summed E-state index contributed by atoms with van der Waals surface area (Å²) in [5.74, 6) is 0.922. The standard InChI is InChI=1S/C13H16BrN3/c1-13(2,8-15)12-16-7-11(17-12)9-5-3-4-6-10(9)14/h3-7H,8,15H2,1-2H3,(H,16,17). The van der Waals surface area contributed by atoms with Gasteiger partial charge in [-0.2, -0.15) is 0 Å². The molecule has 0 saturated carbocycles. The van der Waals surface area contributed by atoms with E-state index in [0.29, 0.717) is 6.54 Å². The van der Waals surface area contributed by atoms with Gasteiger partial charge in [0.2, 0.25) is 0 Å². The Hall–Kier alpha value is -1.13. The minimum atomic E-state index is -0.125. The molecule has 0 aliphatic carbocycles. The van der Waals surface area contributed by atoms with Gasteiger partial charge in [-0.15, -0.1) is 0 Å². The third-order valence-electron chi connectivity index (χ3n) is 2.89. The molecule has 0 radical (unpaired) electrons. The van der Waals surface area contributed by atoms with Crippen molar-refractivity contribution in [2.45, 2.75) is 19.3 Å². The van der Waals surface area contributed by atoms with Crippen molar-refractivity contribution in [2.75, 3.05) is 6.54 Å². The van der Waals surface area contributed by atoms with Crippen LogP contribution in [-0.4, -0.2) is 16.5 Å². The summed E-state index contributed by atoms with van der Waals surface area (Å²) in [6, 6.07) is 8.07. The Morgan fingerprint density at radius 3 is 2.71 bits per heavy atom. The van der Waals surface area contributed by atoms with E-state index < -0.39 is 0 Å². The Balaban J connectivity index is 2.40. The average Bonchev–Trinajstić information content (AvgIpc) is 2.79. The van der Waals surface area contributed by atoms with Crippen LogP contribution in [0.5, 0.6) is 0 Å². The molecule has 3 N–H and O–H groups in total. The van der Waals surface area contributed by atoms with Gasteiger partial charge in [0.1, 0.15) is 5.82 Å². The van der Waals surface area contributed by atoms with Crippen molar-refractivity contribution in [1.29, 1.82) is 0 Å². The number of H-pyrrole nitrogens is 1. The summed E-state index contributed by atoms with van der Waals surface area (Å²) >= 11 is 3.54. The number of benzene rings is 1. The number of nitrogens with two attached hydrogens (primary N) is 1. The molecule has 1 aromatic heterocycles. The summed E-state index contributed by atoms with van der Waals surface area (Å²) in [6.45, 7) is 4.72. The van der Waals surface area contributed by atoms with E-state index in [9.17, 15) is 0 Å². The van der Waals surface area contributed by atoms with Gasteiger partial charge < -0.3 is 10.7 Å². The van der Waals surface area contributed by atoms with E-state index in [4.69, 9.17) is 5.73 Å². The number of nitrogens with one attached hydrogen (secondary N) is 1. The normalized spacial score (nSPS) is 11.8. The van der Waals surface area contributed by atoms with Gasteiger partial charge in [0, 0.05) is 22.0 Å². The van der Waals surface area contributed by atoms with Crippen molar-refractivity contribution < 1.29 is 0 Å². The van der Waals surface area contributed by atoms with E-state index in [0.717, 1.165) is 21.6 Å². The van der Waals surface area contributed by atoms with Crippen molar-refractivity contribution in [2.24, 2.45) is 5.73 Å². The van der Waals surface area contributed by atoms with Gasteiger partial charge in [0.05, 0.1) is 11.9 Å². The first-order chi connectivity index (χ1) is 8.04. The van der Waals surface area contributed by atoms with Crippen LogP contribution in [0.3, 0.4) is 0 Å². The van der Waals surface area contributed by atoms with Crippen molar-refractivity contribution in [1.82, 2.24) is 9.97 Å². The second-order valence-electron chi connectivity index (χ2n) is 4.71. The fraction of sp³-hybridized carbons (Fsp3) is 0.308. The molecule has 1 aromatic carbocycles. The molecule has 0 aliphatic heterocycles. The number of hydrogen-bond donors (Lipinski definition) is 2. The highest BCUT2D eigenvalue weighted by molar-refractivity contribution is 9.10. The van der Waals surface area contributed by atoms with Gasteiger partial charge in [-0.25, -0.2) is 4.98 Å². The van der Waals surface area contributed by atoms with Crippen molar-refractivity contribution in [3.63, 3.8) is 0 Å². The lowest BCUT2D eigenvalue weighted by molar-refractivity contribution is 0.508. The van der Waals surface area contributed by atoms with E-state index in [1.165, 1.54) is 0 Å². The number of rotatable bonds is 3. The Bertz CT molecular complexity index is 517. The van der Waals surface area contributed by atoms with Crippen LogP contribution in [0.2, 0.25) is 0 Å². The molecule has 1 heterocycles. The van der Waals surface area contributed by atoms with Crippen LogP contribution < -0.4 is 5.73 Å². The quantitative estimate of drug-likeness (QED) is 0.914. The fourth-order valence-corrected chi connectivity index (χ4v) is 2.08. The number of hydrogen-bond acceptors (Lipinski definition) is 2.